The Balaban J connectivity index is 2.56. The smallest absolute Gasteiger partial charge is 0.313 e. The molecule has 2 amide bonds. The monoisotopic (exact) mass is 290 g/mol. The van der Waals surface area contributed by atoms with Gasteiger partial charge in [-0.2, -0.15) is 0 Å². The summed E-state index contributed by atoms with van der Waals surface area (Å²) in [6.07, 6.45) is 0. The van der Waals surface area contributed by atoms with Crippen LogP contribution in [0.3, 0.4) is 0 Å². The lowest BCUT2D eigenvalue weighted by Gasteiger charge is -2.07. The first-order chi connectivity index (χ1) is 8.54. The zero-order valence-electron chi connectivity index (χ0n) is 9.63. The molecule has 0 fully saturated rings. The van der Waals surface area contributed by atoms with E-state index in [1.54, 1.807) is 6.07 Å². The molecule has 0 atom stereocenters. The fourth-order valence-corrected chi connectivity index (χ4v) is 1.57. The van der Waals surface area contributed by atoms with Gasteiger partial charge in [-0.1, -0.05) is 23.2 Å². The Morgan fingerprint density at radius 3 is 2.61 bits per heavy atom. The van der Waals surface area contributed by atoms with E-state index in [2.05, 4.69) is 10.6 Å². The highest BCUT2D eigenvalue weighted by Crippen LogP contribution is 2.25. The molecule has 0 aliphatic heterocycles. The second-order valence-corrected chi connectivity index (χ2v) is 4.17. The molecule has 7 heteroatoms. The van der Waals surface area contributed by atoms with Gasteiger partial charge >= 0.3 is 11.8 Å². The molecule has 0 unspecified atom stereocenters. The third-order valence-corrected chi connectivity index (χ3v) is 2.53. The van der Waals surface area contributed by atoms with Crippen molar-refractivity contribution in [3.63, 3.8) is 0 Å². The Morgan fingerprint density at radius 2 is 2.00 bits per heavy atom. The number of ether oxygens (including phenoxy) is 1. The highest BCUT2D eigenvalue weighted by Gasteiger charge is 2.14. The summed E-state index contributed by atoms with van der Waals surface area (Å²) in [5.74, 6) is -1.55. The van der Waals surface area contributed by atoms with Crippen LogP contribution in [0.1, 0.15) is 0 Å². The summed E-state index contributed by atoms with van der Waals surface area (Å²) in [5, 5.41) is 5.48. The Bertz CT molecular complexity index is 452. The summed E-state index contributed by atoms with van der Waals surface area (Å²) >= 11 is 11.6. The maximum Gasteiger partial charge on any atom is 0.313 e. The number of carbonyl (C=O) groups excluding carboxylic acids is 2. The average molecular weight is 291 g/mol. The Kier molecular flexibility index (Phi) is 5.91. The number of nitrogens with one attached hydrogen (secondary N) is 2. The minimum Gasteiger partial charge on any atom is -0.383 e. The molecule has 0 aliphatic carbocycles. The normalized spacial score (nSPS) is 9.94. The molecule has 1 rings (SSSR count). The second-order valence-electron chi connectivity index (χ2n) is 3.33. The topological polar surface area (TPSA) is 67.4 Å². The van der Waals surface area contributed by atoms with Gasteiger partial charge in [-0.25, -0.2) is 0 Å². The lowest BCUT2D eigenvalue weighted by molar-refractivity contribution is -0.136. The van der Waals surface area contributed by atoms with E-state index in [-0.39, 0.29) is 11.6 Å². The second kappa shape index (κ2) is 7.20. The van der Waals surface area contributed by atoms with Crippen LogP contribution in [-0.4, -0.2) is 32.1 Å². The molecule has 0 aliphatic rings. The van der Waals surface area contributed by atoms with E-state index >= 15 is 0 Å². The molecule has 2 N–H and O–H groups in total. The van der Waals surface area contributed by atoms with Gasteiger partial charge in [0.2, 0.25) is 0 Å². The van der Waals surface area contributed by atoms with Crippen molar-refractivity contribution < 1.29 is 14.3 Å². The van der Waals surface area contributed by atoms with Crippen LogP contribution in [0.15, 0.2) is 18.2 Å². The van der Waals surface area contributed by atoms with E-state index in [0.717, 1.165) is 0 Å². The van der Waals surface area contributed by atoms with Crippen molar-refractivity contribution in [3.8, 4) is 0 Å². The third kappa shape index (κ3) is 4.52. The number of rotatable bonds is 4. The first-order valence-corrected chi connectivity index (χ1v) is 5.83. The molecule has 5 nitrogen and oxygen atoms in total. The summed E-state index contributed by atoms with van der Waals surface area (Å²) in [5.41, 5.74) is 0.327. The van der Waals surface area contributed by atoms with Gasteiger partial charge in [0.05, 0.1) is 17.3 Å². The Labute approximate surface area is 114 Å². The Hall–Kier alpha value is -1.30. The fourth-order valence-electron chi connectivity index (χ4n) is 1.12. The van der Waals surface area contributed by atoms with Gasteiger partial charge in [0.15, 0.2) is 0 Å². The van der Waals surface area contributed by atoms with Crippen LogP contribution in [-0.2, 0) is 14.3 Å². The van der Waals surface area contributed by atoms with Gasteiger partial charge in [0.1, 0.15) is 0 Å². The Morgan fingerprint density at radius 1 is 1.28 bits per heavy atom. The highest BCUT2D eigenvalue weighted by atomic mass is 35.5. The van der Waals surface area contributed by atoms with E-state index in [9.17, 15) is 9.59 Å². The lowest BCUT2D eigenvalue weighted by Crippen LogP contribution is -2.37. The molecular weight excluding hydrogens is 279 g/mol. The van der Waals surface area contributed by atoms with Crippen LogP contribution in [0.2, 0.25) is 10.0 Å². The zero-order chi connectivity index (χ0) is 13.5. The number of hydrogen-bond donors (Lipinski definition) is 2. The molecule has 1 aromatic rings. The predicted molar refractivity (Wildman–Crippen MR) is 70.0 cm³/mol. The number of hydrogen-bond acceptors (Lipinski definition) is 3. The van der Waals surface area contributed by atoms with Crippen LogP contribution >= 0.6 is 23.2 Å². The first-order valence-electron chi connectivity index (χ1n) is 5.07. The molecule has 0 aromatic heterocycles. The molecule has 0 saturated heterocycles. The number of anilines is 1. The van der Waals surface area contributed by atoms with Gasteiger partial charge in [-0.3, -0.25) is 9.59 Å². The van der Waals surface area contributed by atoms with E-state index in [1.165, 1.54) is 19.2 Å². The predicted octanol–water partition coefficient (Wildman–Crippen LogP) is 1.69. The fraction of sp³-hybridized carbons (Fsp3) is 0.273. The summed E-state index contributed by atoms with van der Waals surface area (Å²) in [6, 6.07) is 4.55. The third-order valence-electron chi connectivity index (χ3n) is 1.98. The van der Waals surface area contributed by atoms with Crippen molar-refractivity contribution in [2.24, 2.45) is 0 Å². The van der Waals surface area contributed by atoms with Gasteiger partial charge in [0, 0.05) is 18.7 Å². The maximum absolute atomic E-state index is 11.5. The summed E-state index contributed by atoms with van der Waals surface area (Å²) in [4.78, 5) is 22.8. The molecular formula is C11H12Cl2N2O3. The van der Waals surface area contributed by atoms with Crippen molar-refractivity contribution in [2.45, 2.75) is 0 Å². The number of methoxy groups -OCH3 is 1. The molecule has 1 aromatic carbocycles. The largest absolute Gasteiger partial charge is 0.383 e. The molecule has 0 radical (unpaired) electrons. The van der Waals surface area contributed by atoms with E-state index < -0.39 is 11.8 Å². The minimum atomic E-state index is -0.796. The molecule has 18 heavy (non-hydrogen) atoms. The number of benzene rings is 1. The van der Waals surface area contributed by atoms with Gasteiger partial charge in [0.25, 0.3) is 0 Å². The van der Waals surface area contributed by atoms with Gasteiger partial charge < -0.3 is 15.4 Å². The standard InChI is InChI=1S/C11H12Cl2N2O3/c1-18-5-4-14-10(16)11(17)15-9-3-2-7(12)6-8(9)13/h2-3,6H,4-5H2,1H3,(H,14,16)(H,15,17). The van der Waals surface area contributed by atoms with Crippen LogP contribution in [0.5, 0.6) is 0 Å². The van der Waals surface area contributed by atoms with Gasteiger partial charge in [-0.05, 0) is 18.2 Å². The molecule has 98 valence electrons. The molecule has 0 saturated carbocycles. The van der Waals surface area contributed by atoms with Crippen LogP contribution < -0.4 is 10.6 Å². The number of amides is 2. The maximum atomic E-state index is 11.5. The summed E-state index contributed by atoms with van der Waals surface area (Å²) in [7, 11) is 1.50. The van der Waals surface area contributed by atoms with E-state index in [0.29, 0.717) is 17.3 Å². The molecule has 0 spiro atoms. The van der Waals surface area contributed by atoms with Crippen molar-refractivity contribution in [2.75, 3.05) is 25.6 Å². The summed E-state index contributed by atoms with van der Waals surface area (Å²) < 4.78 is 4.74. The minimum absolute atomic E-state index is 0.261. The van der Waals surface area contributed by atoms with Crippen molar-refractivity contribution >= 4 is 40.7 Å². The van der Waals surface area contributed by atoms with E-state index in [1.807, 2.05) is 0 Å². The van der Waals surface area contributed by atoms with Crippen molar-refractivity contribution in [1.29, 1.82) is 0 Å². The number of carbonyl (C=O) groups is 2. The van der Waals surface area contributed by atoms with Crippen molar-refractivity contribution in [3.05, 3.63) is 28.2 Å². The van der Waals surface area contributed by atoms with Gasteiger partial charge in [-0.15, -0.1) is 0 Å². The lowest BCUT2D eigenvalue weighted by atomic mass is 10.3. The SMILES string of the molecule is COCCNC(=O)C(=O)Nc1ccc(Cl)cc1Cl. The van der Waals surface area contributed by atoms with E-state index in [4.69, 9.17) is 27.9 Å². The number of halogens is 2. The average Bonchev–Trinajstić information content (AvgIpc) is 2.32. The van der Waals surface area contributed by atoms with Crippen LogP contribution in [0.4, 0.5) is 5.69 Å². The van der Waals surface area contributed by atoms with Crippen LogP contribution in [0.25, 0.3) is 0 Å². The molecule has 0 heterocycles. The van der Waals surface area contributed by atoms with Crippen LogP contribution in [0, 0.1) is 0 Å². The highest BCUT2D eigenvalue weighted by molar-refractivity contribution is 6.42. The zero-order valence-corrected chi connectivity index (χ0v) is 11.1. The first kappa shape index (κ1) is 14.8. The quantitative estimate of drug-likeness (QED) is 0.655. The summed E-state index contributed by atoms with van der Waals surface area (Å²) in [6.45, 7) is 0.595. The van der Waals surface area contributed by atoms with Crippen molar-refractivity contribution in [1.82, 2.24) is 5.32 Å². The molecule has 0 bridgehead atoms.